The molecule has 0 fully saturated rings. The standard InChI is InChI=1S/C21H18F3N5O2/c1-31-15-8-6-14(7-9-15)29-17-16(18(27-29)21(22,23)24)10-11-28(20(17)30)13-4-2-12(3-5-13)19(25)26/h2-9H,10-11H2,1H3,(H3,25,26). The van der Waals surface area contributed by atoms with Crippen LogP contribution in [0.4, 0.5) is 18.9 Å². The van der Waals surface area contributed by atoms with E-state index in [9.17, 15) is 18.0 Å². The van der Waals surface area contributed by atoms with Crippen LogP contribution in [-0.4, -0.2) is 35.2 Å². The fourth-order valence-corrected chi connectivity index (χ4v) is 3.57. The van der Waals surface area contributed by atoms with E-state index < -0.39 is 17.8 Å². The topological polar surface area (TPSA) is 97.2 Å². The Hall–Kier alpha value is -3.82. The molecule has 0 unspecified atom stereocenters. The number of benzene rings is 2. The number of alkyl halides is 3. The van der Waals surface area contributed by atoms with Gasteiger partial charge in [-0.15, -0.1) is 0 Å². The van der Waals surface area contributed by atoms with Gasteiger partial charge in [-0.05, 0) is 55.0 Å². The summed E-state index contributed by atoms with van der Waals surface area (Å²) in [6.45, 7) is 0.0721. The number of carbonyl (C=O) groups excluding carboxylic acids is 1. The van der Waals surface area contributed by atoms with Gasteiger partial charge in [0.2, 0.25) is 0 Å². The highest BCUT2D eigenvalue weighted by molar-refractivity contribution is 6.08. The van der Waals surface area contributed by atoms with Crippen molar-refractivity contribution in [3.05, 3.63) is 71.0 Å². The second kappa shape index (κ2) is 7.46. The van der Waals surface area contributed by atoms with Crippen LogP contribution in [0.25, 0.3) is 5.69 Å². The van der Waals surface area contributed by atoms with Crippen molar-refractivity contribution in [2.45, 2.75) is 12.6 Å². The molecule has 0 aliphatic carbocycles. The van der Waals surface area contributed by atoms with Gasteiger partial charge < -0.3 is 15.4 Å². The number of amides is 1. The van der Waals surface area contributed by atoms with Crippen LogP contribution in [0, 0.1) is 5.41 Å². The van der Waals surface area contributed by atoms with Crippen LogP contribution in [-0.2, 0) is 12.6 Å². The Morgan fingerprint density at radius 1 is 1.10 bits per heavy atom. The van der Waals surface area contributed by atoms with Gasteiger partial charge in [0.15, 0.2) is 5.69 Å². The van der Waals surface area contributed by atoms with Gasteiger partial charge in [0.25, 0.3) is 5.91 Å². The molecule has 1 aromatic heterocycles. The molecule has 0 spiro atoms. The van der Waals surface area contributed by atoms with E-state index in [4.69, 9.17) is 15.9 Å². The zero-order valence-corrected chi connectivity index (χ0v) is 16.4. The number of halogens is 3. The molecule has 3 aromatic rings. The number of rotatable bonds is 4. The van der Waals surface area contributed by atoms with E-state index in [-0.39, 0.29) is 30.1 Å². The number of hydrogen-bond acceptors (Lipinski definition) is 4. The first-order valence-corrected chi connectivity index (χ1v) is 9.30. The number of fused-ring (bicyclic) bond motifs is 1. The van der Waals surface area contributed by atoms with Crippen LogP contribution < -0.4 is 15.4 Å². The van der Waals surface area contributed by atoms with Crippen molar-refractivity contribution >= 4 is 17.4 Å². The highest BCUT2D eigenvalue weighted by Gasteiger charge is 2.43. The van der Waals surface area contributed by atoms with Crippen molar-refractivity contribution in [3.63, 3.8) is 0 Å². The number of nitrogens with one attached hydrogen (secondary N) is 1. The molecule has 10 heteroatoms. The summed E-state index contributed by atoms with van der Waals surface area (Å²) < 4.78 is 47.0. The summed E-state index contributed by atoms with van der Waals surface area (Å²) in [6, 6.07) is 12.6. The van der Waals surface area contributed by atoms with Gasteiger partial charge in [-0.25, -0.2) is 4.68 Å². The summed E-state index contributed by atoms with van der Waals surface area (Å²) in [5.41, 5.74) is 5.45. The summed E-state index contributed by atoms with van der Waals surface area (Å²) in [7, 11) is 1.48. The maximum absolute atomic E-state index is 13.6. The van der Waals surface area contributed by atoms with Gasteiger partial charge in [0, 0.05) is 23.4 Å². The van der Waals surface area contributed by atoms with E-state index in [0.29, 0.717) is 22.7 Å². The lowest BCUT2D eigenvalue weighted by Crippen LogP contribution is -2.39. The first-order valence-electron chi connectivity index (χ1n) is 9.30. The maximum atomic E-state index is 13.6. The largest absolute Gasteiger partial charge is 0.497 e. The van der Waals surface area contributed by atoms with Crippen LogP contribution in [0.5, 0.6) is 5.75 Å². The average molecular weight is 429 g/mol. The number of nitrogens with zero attached hydrogens (tertiary/aromatic N) is 3. The van der Waals surface area contributed by atoms with Crippen LogP contribution in [0.15, 0.2) is 48.5 Å². The van der Waals surface area contributed by atoms with Crippen molar-refractivity contribution in [1.82, 2.24) is 9.78 Å². The number of nitrogen functional groups attached to an aromatic ring is 1. The molecule has 31 heavy (non-hydrogen) atoms. The van der Waals surface area contributed by atoms with E-state index in [1.54, 1.807) is 48.5 Å². The second-order valence-electron chi connectivity index (χ2n) is 6.95. The van der Waals surface area contributed by atoms with E-state index in [1.807, 2.05) is 0 Å². The normalized spacial score (nSPS) is 13.8. The minimum absolute atomic E-state index is 0.000527. The highest BCUT2D eigenvalue weighted by atomic mass is 19.4. The van der Waals surface area contributed by atoms with Crippen LogP contribution >= 0.6 is 0 Å². The number of ether oxygens (including phenoxy) is 1. The molecule has 2 heterocycles. The number of hydrogen-bond donors (Lipinski definition) is 2. The van der Waals surface area contributed by atoms with Crippen molar-refractivity contribution in [3.8, 4) is 11.4 Å². The van der Waals surface area contributed by atoms with Crippen molar-refractivity contribution < 1.29 is 22.7 Å². The Labute approximate surface area is 175 Å². The van der Waals surface area contributed by atoms with E-state index in [1.165, 1.54) is 12.0 Å². The Balaban J connectivity index is 1.81. The highest BCUT2D eigenvalue weighted by Crippen LogP contribution is 2.37. The van der Waals surface area contributed by atoms with Crippen molar-refractivity contribution in [1.29, 1.82) is 5.41 Å². The summed E-state index contributed by atoms with van der Waals surface area (Å²) in [5, 5.41) is 11.2. The van der Waals surface area contributed by atoms with Gasteiger partial charge in [-0.1, -0.05) is 0 Å². The maximum Gasteiger partial charge on any atom is 0.435 e. The Morgan fingerprint density at radius 3 is 2.26 bits per heavy atom. The SMILES string of the molecule is COc1ccc(-n2nc(C(F)(F)F)c3c2C(=O)N(c2ccc(C(=N)N)cc2)CC3)cc1. The first kappa shape index (κ1) is 20.5. The molecule has 0 atom stereocenters. The number of nitrogens with two attached hydrogens (primary N) is 1. The Kier molecular flexibility index (Phi) is 4.92. The summed E-state index contributed by atoms with van der Waals surface area (Å²) >= 11 is 0. The Bertz CT molecular complexity index is 1150. The lowest BCUT2D eigenvalue weighted by atomic mass is 10.0. The third kappa shape index (κ3) is 3.60. The third-order valence-electron chi connectivity index (χ3n) is 5.09. The van der Waals surface area contributed by atoms with Crippen molar-refractivity contribution in [2.75, 3.05) is 18.6 Å². The fourth-order valence-electron chi connectivity index (χ4n) is 3.57. The van der Waals surface area contributed by atoms with Gasteiger partial charge in [0.05, 0.1) is 12.8 Å². The van der Waals surface area contributed by atoms with Crippen LogP contribution in [0.3, 0.4) is 0 Å². The second-order valence-corrected chi connectivity index (χ2v) is 6.95. The molecule has 1 aliphatic heterocycles. The molecule has 1 aliphatic rings. The molecule has 2 aromatic carbocycles. The van der Waals surface area contributed by atoms with Gasteiger partial charge in [0.1, 0.15) is 17.3 Å². The molecule has 0 saturated carbocycles. The van der Waals surface area contributed by atoms with Crippen molar-refractivity contribution in [2.24, 2.45) is 5.73 Å². The summed E-state index contributed by atoms with van der Waals surface area (Å²) in [4.78, 5) is 14.7. The fraction of sp³-hybridized carbons (Fsp3) is 0.190. The number of amidine groups is 1. The summed E-state index contributed by atoms with van der Waals surface area (Å²) in [6.07, 6.45) is -4.69. The minimum atomic E-state index is -4.69. The average Bonchev–Trinajstić information content (AvgIpc) is 3.15. The molecule has 1 amide bonds. The van der Waals surface area contributed by atoms with Gasteiger partial charge >= 0.3 is 6.18 Å². The quantitative estimate of drug-likeness (QED) is 0.491. The first-order chi connectivity index (χ1) is 14.7. The number of carbonyl (C=O) groups is 1. The molecule has 0 saturated heterocycles. The molecular weight excluding hydrogens is 411 g/mol. The predicted octanol–water partition coefficient (Wildman–Crippen LogP) is 3.39. The molecule has 4 rings (SSSR count). The van der Waals surface area contributed by atoms with Gasteiger partial charge in [-0.3, -0.25) is 10.2 Å². The lowest BCUT2D eigenvalue weighted by molar-refractivity contribution is -0.141. The molecule has 3 N–H and O–H groups in total. The van der Waals surface area contributed by atoms with Gasteiger partial charge in [-0.2, -0.15) is 18.3 Å². The molecule has 0 bridgehead atoms. The van der Waals surface area contributed by atoms with E-state index in [2.05, 4.69) is 5.10 Å². The molecule has 0 radical (unpaired) electrons. The zero-order chi connectivity index (χ0) is 22.3. The minimum Gasteiger partial charge on any atom is -0.497 e. The summed E-state index contributed by atoms with van der Waals surface area (Å²) in [5.74, 6) is -0.179. The van der Waals surface area contributed by atoms with Crippen LogP contribution in [0.1, 0.15) is 27.3 Å². The molecular formula is C21H18F3N5O2. The number of aromatic nitrogens is 2. The smallest absolute Gasteiger partial charge is 0.435 e. The Morgan fingerprint density at radius 2 is 1.71 bits per heavy atom. The monoisotopic (exact) mass is 429 g/mol. The predicted molar refractivity (Wildman–Crippen MR) is 108 cm³/mol. The molecule has 160 valence electrons. The third-order valence-corrected chi connectivity index (χ3v) is 5.09. The van der Waals surface area contributed by atoms with Crippen LogP contribution in [0.2, 0.25) is 0 Å². The molecule has 7 nitrogen and oxygen atoms in total. The van der Waals surface area contributed by atoms with E-state index >= 15 is 0 Å². The number of anilines is 1. The zero-order valence-electron chi connectivity index (χ0n) is 16.4. The van der Waals surface area contributed by atoms with E-state index in [0.717, 1.165) is 4.68 Å². The lowest BCUT2D eigenvalue weighted by Gasteiger charge is -2.28. The number of methoxy groups -OCH3 is 1.